The molecule has 0 aromatic heterocycles. The van der Waals surface area contributed by atoms with Gasteiger partial charge in [-0.05, 0) is 25.1 Å². The second-order valence-corrected chi connectivity index (χ2v) is 7.04. The van der Waals surface area contributed by atoms with E-state index >= 15 is 0 Å². The third kappa shape index (κ3) is 2.35. The summed E-state index contributed by atoms with van der Waals surface area (Å²) in [6.07, 6.45) is 0. The van der Waals surface area contributed by atoms with Crippen LogP contribution >= 0.6 is 0 Å². The Hall–Kier alpha value is -3.19. The molecule has 2 saturated heterocycles. The summed E-state index contributed by atoms with van der Waals surface area (Å²) in [6.45, 7) is 1.41. The molecular formula is C20H18N2O5. The van der Waals surface area contributed by atoms with Crippen molar-refractivity contribution in [2.75, 3.05) is 4.90 Å². The number of anilines is 1. The van der Waals surface area contributed by atoms with Gasteiger partial charge in [-0.3, -0.25) is 19.7 Å². The first-order valence-electron chi connectivity index (χ1n) is 8.58. The summed E-state index contributed by atoms with van der Waals surface area (Å²) in [4.78, 5) is 39.4. The van der Waals surface area contributed by atoms with Gasteiger partial charge < -0.3 is 10.2 Å². The van der Waals surface area contributed by atoms with Crippen LogP contribution in [0.3, 0.4) is 0 Å². The van der Waals surface area contributed by atoms with E-state index in [9.17, 15) is 24.6 Å². The fourth-order valence-electron chi connectivity index (χ4n) is 4.18. The zero-order valence-electron chi connectivity index (χ0n) is 14.5. The third-order valence-corrected chi connectivity index (χ3v) is 5.52. The molecule has 2 aliphatic rings. The Kier molecular flexibility index (Phi) is 3.78. The highest BCUT2D eigenvalue weighted by Crippen LogP contribution is 2.50. The van der Waals surface area contributed by atoms with E-state index in [4.69, 9.17) is 0 Å². The number of nitrogens with zero attached hydrogens (tertiary/aromatic N) is 1. The lowest BCUT2D eigenvalue weighted by Gasteiger charge is -2.27. The first kappa shape index (κ1) is 17.2. The van der Waals surface area contributed by atoms with Crippen molar-refractivity contribution in [3.05, 3.63) is 60.2 Å². The van der Waals surface area contributed by atoms with Gasteiger partial charge in [0.1, 0.15) is 11.3 Å². The molecule has 7 heteroatoms. The fraction of sp³-hybridized carbons (Fsp3) is 0.250. The van der Waals surface area contributed by atoms with Gasteiger partial charge in [0.15, 0.2) is 0 Å². The highest BCUT2D eigenvalue weighted by atomic mass is 16.4. The van der Waals surface area contributed by atoms with Crippen molar-refractivity contribution in [1.82, 2.24) is 5.32 Å². The maximum Gasteiger partial charge on any atom is 0.324 e. The minimum Gasteiger partial charge on any atom is -0.508 e. The second-order valence-electron chi connectivity index (χ2n) is 7.04. The highest BCUT2D eigenvalue weighted by Gasteiger charge is 2.67. The highest BCUT2D eigenvalue weighted by molar-refractivity contribution is 6.24. The molecule has 4 atom stereocenters. The monoisotopic (exact) mass is 366 g/mol. The van der Waals surface area contributed by atoms with Crippen molar-refractivity contribution in [2.24, 2.45) is 11.8 Å². The predicted octanol–water partition coefficient (Wildman–Crippen LogP) is 1.69. The van der Waals surface area contributed by atoms with E-state index in [0.29, 0.717) is 11.3 Å². The van der Waals surface area contributed by atoms with Gasteiger partial charge in [-0.1, -0.05) is 36.4 Å². The average Bonchev–Trinajstić information content (AvgIpc) is 3.11. The lowest BCUT2D eigenvalue weighted by atomic mass is 9.80. The van der Waals surface area contributed by atoms with Gasteiger partial charge in [0.25, 0.3) is 0 Å². The molecule has 4 rings (SSSR count). The van der Waals surface area contributed by atoms with Crippen molar-refractivity contribution < 1.29 is 24.6 Å². The van der Waals surface area contributed by atoms with Gasteiger partial charge in [-0.25, -0.2) is 4.90 Å². The van der Waals surface area contributed by atoms with E-state index in [2.05, 4.69) is 5.32 Å². The van der Waals surface area contributed by atoms with Gasteiger partial charge in [-0.15, -0.1) is 0 Å². The number of nitrogens with one attached hydrogen (secondary N) is 1. The van der Waals surface area contributed by atoms with E-state index in [-0.39, 0.29) is 5.75 Å². The molecular weight excluding hydrogens is 348 g/mol. The molecule has 0 saturated carbocycles. The first-order chi connectivity index (χ1) is 12.9. The molecule has 2 aromatic rings. The Morgan fingerprint density at radius 2 is 1.67 bits per heavy atom. The van der Waals surface area contributed by atoms with Crippen LogP contribution in [-0.2, 0) is 14.4 Å². The Labute approximate surface area is 155 Å². The summed E-state index contributed by atoms with van der Waals surface area (Å²) in [6, 6.07) is 14.1. The largest absolute Gasteiger partial charge is 0.508 e. The number of aromatic hydroxyl groups is 1. The third-order valence-electron chi connectivity index (χ3n) is 5.52. The summed E-state index contributed by atoms with van der Waals surface area (Å²) in [5.41, 5.74) is -0.826. The van der Waals surface area contributed by atoms with Crippen LogP contribution in [0.1, 0.15) is 18.5 Å². The number of hydrogen-bond acceptors (Lipinski definition) is 5. The van der Waals surface area contributed by atoms with Crippen LogP contribution in [0.4, 0.5) is 5.69 Å². The molecule has 2 fully saturated rings. The first-order valence-corrected chi connectivity index (χ1v) is 8.58. The number of carbonyl (C=O) groups excluding carboxylic acids is 2. The SMILES string of the molecule is C[C@]1(C(=O)O)N[C@H](c2ccccc2O)[C@H]2C(=O)N(c3ccccc3)C(=O)[C@H]21. The number of amides is 2. The van der Waals surface area contributed by atoms with Crippen molar-refractivity contribution >= 4 is 23.5 Å². The number of fused-ring (bicyclic) bond motifs is 1. The fourth-order valence-corrected chi connectivity index (χ4v) is 4.18. The van der Waals surface area contributed by atoms with E-state index in [0.717, 1.165) is 4.90 Å². The second kappa shape index (κ2) is 5.92. The quantitative estimate of drug-likeness (QED) is 0.714. The zero-order chi connectivity index (χ0) is 19.3. The van der Waals surface area contributed by atoms with E-state index in [1.165, 1.54) is 13.0 Å². The molecule has 0 bridgehead atoms. The number of carboxylic acid groups (broad SMARTS) is 1. The maximum atomic E-state index is 13.2. The number of hydrogen-bond donors (Lipinski definition) is 3. The Balaban J connectivity index is 1.85. The van der Waals surface area contributed by atoms with Crippen LogP contribution in [0, 0.1) is 11.8 Å². The number of benzene rings is 2. The number of carbonyl (C=O) groups is 3. The number of rotatable bonds is 3. The lowest BCUT2D eigenvalue weighted by Crippen LogP contribution is -2.53. The van der Waals surface area contributed by atoms with Crippen molar-refractivity contribution in [2.45, 2.75) is 18.5 Å². The molecule has 0 spiro atoms. The van der Waals surface area contributed by atoms with Crippen LogP contribution < -0.4 is 10.2 Å². The molecule has 27 heavy (non-hydrogen) atoms. The number of phenols is 1. The van der Waals surface area contributed by atoms with Crippen molar-refractivity contribution in [1.29, 1.82) is 0 Å². The molecule has 0 aliphatic carbocycles. The predicted molar refractivity (Wildman–Crippen MR) is 95.9 cm³/mol. The zero-order valence-corrected chi connectivity index (χ0v) is 14.5. The summed E-state index contributed by atoms with van der Waals surface area (Å²) in [7, 11) is 0. The average molecular weight is 366 g/mol. The normalized spacial score (nSPS) is 29.8. The van der Waals surface area contributed by atoms with Gasteiger partial charge >= 0.3 is 5.97 Å². The summed E-state index contributed by atoms with van der Waals surface area (Å²) in [5, 5.41) is 23.0. The van der Waals surface area contributed by atoms with Gasteiger partial charge in [0.2, 0.25) is 11.8 Å². The minimum absolute atomic E-state index is 0.0539. The molecule has 2 aromatic carbocycles. The number of para-hydroxylation sites is 2. The molecule has 0 unspecified atom stereocenters. The number of carboxylic acids is 1. The Bertz CT molecular complexity index is 944. The maximum absolute atomic E-state index is 13.2. The van der Waals surface area contributed by atoms with Gasteiger partial charge in [0.05, 0.1) is 17.5 Å². The Morgan fingerprint density at radius 1 is 1.04 bits per heavy atom. The molecule has 138 valence electrons. The van der Waals surface area contributed by atoms with Crippen LogP contribution in [0.5, 0.6) is 5.75 Å². The van der Waals surface area contributed by atoms with Crippen LogP contribution in [0.2, 0.25) is 0 Å². The summed E-state index contributed by atoms with van der Waals surface area (Å²) < 4.78 is 0. The summed E-state index contributed by atoms with van der Waals surface area (Å²) in [5.74, 6) is -4.29. The van der Waals surface area contributed by atoms with Crippen LogP contribution in [0.25, 0.3) is 0 Å². The topological polar surface area (TPSA) is 107 Å². The van der Waals surface area contributed by atoms with E-state index < -0.39 is 41.2 Å². The molecule has 2 amide bonds. The van der Waals surface area contributed by atoms with Crippen LogP contribution in [0.15, 0.2) is 54.6 Å². The van der Waals surface area contributed by atoms with Gasteiger partial charge in [0, 0.05) is 11.6 Å². The smallest absolute Gasteiger partial charge is 0.324 e. The number of aliphatic carboxylic acids is 1. The van der Waals surface area contributed by atoms with Gasteiger partial charge in [-0.2, -0.15) is 0 Å². The summed E-state index contributed by atoms with van der Waals surface area (Å²) >= 11 is 0. The van der Waals surface area contributed by atoms with E-state index in [1.54, 1.807) is 48.5 Å². The van der Waals surface area contributed by atoms with Crippen LogP contribution in [-0.4, -0.2) is 33.5 Å². The van der Waals surface area contributed by atoms with E-state index in [1.807, 2.05) is 0 Å². The molecule has 7 nitrogen and oxygen atoms in total. The minimum atomic E-state index is -1.63. The lowest BCUT2D eigenvalue weighted by molar-refractivity contribution is -0.147. The van der Waals surface area contributed by atoms with Crippen molar-refractivity contribution in [3.8, 4) is 5.75 Å². The standard InChI is InChI=1S/C20H18N2O5/c1-20(19(26)27)15-14(16(21-20)12-9-5-6-10-13(12)23)17(24)22(18(15)25)11-7-3-2-4-8-11/h2-10,14-16,21,23H,1H3,(H,26,27)/t14-,15-,16+,20-/m0/s1. The molecule has 2 heterocycles. The number of phenolic OH excluding ortho intramolecular Hbond substituents is 1. The molecule has 3 N–H and O–H groups in total. The molecule has 0 radical (unpaired) electrons. The number of imide groups is 1. The van der Waals surface area contributed by atoms with Crippen molar-refractivity contribution in [3.63, 3.8) is 0 Å². The molecule has 2 aliphatic heterocycles. The Morgan fingerprint density at radius 3 is 2.30 bits per heavy atom.